The molecule has 1 aromatic heterocycles. The van der Waals surface area contributed by atoms with E-state index >= 15 is 0 Å². The zero-order valence-electron chi connectivity index (χ0n) is 9.88. The number of benzene rings is 2. The van der Waals surface area contributed by atoms with Crippen molar-refractivity contribution < 1.29 is 14.2 Å². The first-order valence-electron chi connectivity index (χ1n) is 5.74. The van der Waals surface area contributed by atoms with E-state index in [0.717, 1.165) is 0 Å². The first-order chi connectivity index (χ1) is 9.22. The highest BCUT2D eigenvalue weighted by molar-refractivity contribution is 5.85. The molecule has 3 aromatic rings. The van der Waals surface area contributed by atoms with E-state index < -0.39 is 0 Å². The van der Waals surface area contributed by atoms with Crippen LogP contribution in [0.5, 0.6) is 17.4 Å². The number of nitrogens with zero attached hydrogens (tertiary/aromatic N) is 1. The summed E-state index contributed by atoms with van der Waals surface area (Å²) in [4.78, 5) is 4.28. The maximum Gasteiger partial charge on any atom is 0.219 e. The van der Waals surface area contributed by atoms with Crippen molar-refractivity contribution in [1.82, 2.24) is 4.98 Å². The Morgan fingerprint density at radius 1 is 0.947 bits per heavy atom. The molecule has 0 unspecified atom stereocenters. The van der Waals surface area contributed by atoms with Crippen molar-refractivity contribution in [3.63, 3.8) is 0 Å². The van der Waals surface area contributed by atoms with Crippen LogP contribution >= 0.6 is 0 Å². The van der Waals surface area contributed by atoms with Gasteiger partial charge < -0.3 is 9.84 Å². The zero-order valence-corrected chi connectivity index (χ0v) is 9.88. The van der Waals surface area contributed by atoms with Gasteiger partial charge in [-0.3, -0.25) is 0 Å². The molecule has 0 atom stereocenters. The summed E-state index contributed by atoms with van der Waals surface area (Å²) in [6.07, 6.45) is 0. The van der Waals surface area contributed by atoms with Gasteiger partial charge in [0.05, 0.1) is 5.52 Å². The predicted molar refractivity (Wildman–Crippen MR) is 69.9 cm³/mol. The third-order valence-electron chi connectivity index (χ3n) is 2.72. The topological polar surface area (TPSA) is 42.4 Å². The highest BCUT2D eigenvalue weighted by atomic mass is 19.1. The van der Waals surface area contributed by atoms with Crippen LogP contribution in [0.3, 0.4) is 0 Å². The Labute approximate surface area is 108 Å². The van der Waals surface area contributed by atoms with Gasteiger partial charge in [0, 0.05) is 11.5 Å². The minimum absolute atomic E-state index is 0.179. The molecule has 3 nitrogen and oxygen atoms in total. The lowest BCUT2D eigenvalue weighted by molar-refractivity contribution is 0.462. The van der Waals surface area contributed by atoms with E-state index in [1.165, 1.54) is 24.3 Å². The number of hydrogen-bond acceptors (Lipinski definition) is 3. The molecule has 0 spiro atoms. The summed E-state index contributed by atoms with van der Waals surface area (Å²) in [5, 5.41) is 10.3. The van der Waals surface area contributed by atoms with E-state index in [2.05, 4.69) is 4.98 Å². The predicted octanol–water partition coefficient (Wildman–Crippen LogP) is 3.87. The van der Waals surface area contributed by atoms with Gasteiger partial charge in [-0.1, -0.05) is 6.07 Å². The van der Waals surface area contributed by atoms with Crippen LogP contribution in [0.15, 0.2) is 54.6 Å². The Morgan fingerprint density at radius 2 is 1.74 bits per heavy atom. The quantitative estimate of drug-likeness (QED) is 0.755. The van der Waals surface area contributed by atoms with Crippen molar-refractivity contribution in [3.8, 4) is 17.4 Å². The largest absolute Gasteiger partial charge is 0.507 e. The highest BCUT2D eigenvalue weighted by Gasteiger charge is 2.04. The first kappa shape index (κ1) is 11.5. The van der Waals surface area contributed by atoms with Crippen LogP contribution < -0.4 is 4.74 Å². The van der Waals surface area contributed by atoms with Crippen LogP contribution in [0.2, 0.25) is 0 Å². The van der Waals surface area contributed by atoms with Gasteiger partial charge >= 0.3 is 0 Å². The number of aromatic nitrogens is 1. The van der Waals surface area contributed by atoms with Crippen molar-refractivity contribution in [1.29, 1.82) is 0 Å². The van der Waals surface area contributed by atoms with E-state index in [1.54, 1.807) is 30.3 Å². The van der Waals surface area contributed by atoms with Crippen LogP contribution in [-0.4, -0.2) is 10.1 Å². The van der Waals surface area contributed by atoms with Crippen molar-refractivity contribution >= 4 is 10.9 Å². The molecule has 0 fully saturated rings. The normalized spacial score (nSPS) is 10.6. The Hall–Kier alpha value is -2.62. The maximum absolute atomic E-state index is 12.8. The Kier molecular flexibility index (Phi) is 2.76. The molecule has 19 heavy (non-hydrogen) atoms. The van der Waals surface area contributed by atoms with E-state index in [9.17, 15) is 9.50 Å². The minimum atomic E-state index is -0.316. The summed E-state index contributed by atoms with van der Waals surface area (Å²) in [5.41, 5.74) is 0.639. The number of aromatic hydroxyl groups is 1. The molecule has 0 aliphatic heterocycles. The average molecular weight is 255 g/mol. The monoisotopic (exact) mass is 255 g/mol. The van der Waals surface area contributed by atoms with Crippen LogP contribution in [0.25, 0.3) is 10.9 Å². The molecular weight excluding hydrogens is 245 g/mol. The molecule has 0 aliphatic carbocycles. The van der Waals surface area contributed by atoms with Crippen molar-refractivity contribution in [2.75, 3.05) is 0 Å². The molecule has 0 bridgehead atoms. The van der Waals surface area contributed by atoms with E-state index in [1.807, 2.05) is 0 Å². The van der Waals surface area contributed by atoms with Gasteiger partial charge in [-0.05, 0) is 42.5 Å². The molecule has 2 aromatic carbocycles. The summed E-state index contributed by atoms with van der Waals surface area (Å²) >= 11 is 0. The lowest BCUT2D eigenvalue weighted by Crippen LogP contribution is -1.88. The van der Waals surface area contributed by atoms with E-state index in [-0.39, 0.29) is 11.6 Å². The molecule has 1 heterocycles. The summed E-state index contributed by atoms with van der Waals surface area (Å²) in [5.74, 6) is 0.764. The van der Waals surface area contributed by atoms with Gasteiger partial charge in [0.1, 0.15) is 17.3 Å². The molecule has 4 heteroatoms. The third kappa shape index (κ3) is 2.33. The molecule has 3 rings (SSSR count). The molecule has 0 saturated heterocycles. The van der Waals surface area contributed by atoms with Gasteiger partial charge in [0.25, 0.3) is 0 Å². The molecular formula is C15H10FNO2. The maximum atomic E-state index is 12.8. The molecule has 0 amide bonds. The lowest BCUT2D eigenvalue weighted by Gasteiger charge is -2.06. The fraction of sp³-hybridized carbons (Fsp3) is 0. The van der Waals surface area contributed by atoms with E-state index in [4.69, 9.17) is 4.74 Å². The van der Waals surface area contributed by atoms with Crippen molar-refractivity contribution in [3.05, 3.63) is 60.4 Å². The molecule has 1 N–H and O–H groups in total. The Balaban J connectivity index is 1.95. The number of rotatable bonds is 2. The second kappa shape index (κ2) is 4.57. The molecule has 0 radical (unpaired) electrons. The van der Waals surface area contributed by atoms with Gasteiger partial charge in [-0.15, -0.1) is 0 Å². The van der Waals surface area contributed by atoms with Gasteiger partial charge in [0.15, 0.2) is 0 Å². The zero-order chi connectivity index (χ0) is 13.2. The van der Waals surface area contributed by atoms with Crippen molar-refractivity contribution in [2.24, 2.45) is 0 Å². The smallest absolute Gasteiger partial charge is 0.219 e. The molecule has 94 valence electrons. The first-order valence-corrected chi connectivity index (χ1v) is 5.74. The number of fused-ring (bicyclic) bond motifs is 1. The number of ether oxygens (including phenoxy) is 1. The number of phenols is 1. The fourth-order valence-electron chi connectivity index (χ4n) is 1.80. The van der Waals surface area contributed by atoms with Gasteiger partial charge in [-0.2, -0.15) is 0 Å². The number of pyridine rings is 1. The van der Waals surface area contributed by atoms with Gasteiger partial charge in [0.2, 0.25) is 5.88 Å². The van der Waals surface area contributed by atoms with Crippen LogP contribution in [0.4, 0.5) is 4.39 Å². The average Bonchev–Trinajstić information content (AvgIpc) is 2.42. The second-order valence-corrected chi connectivity index (χ2v) is 4.05. The minimum Gasteiger partial charge on any atom is -0.507 e. The van der Waals surface area contributed by atoms with Crippen LogP contribution in [-0.2, 0) is 0 Å². The Morgan fingerprint density at radius 3 is 2.53 bits per heavy atom. The fourth-order valence-corrected chi connectivity index (χ4v) is 1.80. The number of phenolic OH excluding ortho intramolecular Hbond substituents is 1. The summed E-state index contributed by atoms with van der Waals surface area (Å²) in [6.45, 7) is 0. The lowest BCUT2D eigenvalue weighted by atomic mass is 10.2. The second-order valence-electron chi connectivity index (χ2n) is 4.05. The third-order valence-corrected chi connectivity index (χ3v) is 2.72. The molecule has 0 saturated carbocycles. The summed E-state index contributed by atoms with van der Waals surface area (Å²) in [7, 11) is 0. The molecule has 0 aliphatic rings. The van der Waals surface area contributed by atoms with E-state index in [0.29, 0.717) is 22.5 Å². The number of halogens is 1. The Bertz CT molecular complexity index is 726. The van der Waals surface area contributed by atoms with Crippen LogP contribution in [0, 0.1) is 5.82 Å². The highest BCUT2D eigenvalue weighted by Crippen LogP contribution is 2.27. The van der Waals surface area contributed by atoms with Crippen molar-refractivity contribution in [2.45, 2.75) is 0 Å². The standard InChI is InChI=1S/C15H10FNO2/c16-10-4-6-11(7-5-10)19-15-9-8-12-13(17-15)2-1-3-14(12)18/h1-9,18H. The number of hydrogen-bond donors (Lipinski definition) is 1. The summed E-state index contributed by atoms with van der Waals surface area (Å²) < 4.78 is 18.3. The SMILES string of the molecule is Oc1cccc2nc(Oc3ccc(F)cc3)ccc12. The summed E-state index contributed by atoms with van der Waals surface area (Å²) in [6, 6.07) is 14.2. The van der Waals surface area contributed by atoms with Crippen LogP contribution in [0.1, 0.15) is 0 Å². The van der Waals surface area contributed by atoms with Gasteiger partial charge in [-0.25, -0.2) is 9.37 Å².